The molecule has 1 rings (SSSR count). The number of anilines is 1. The molecule has 0 aliphatic carbocycles. The molecule has 0 saturated carbocycles. The fourth-order valence-corrected chi connectivity index (χ4v) is 1.21. The highest BCUT2D eigenvalue weighted by Gasteiger charge is 2.19. The number of carbonyl (C=O) groups is 1. The standard InChI is InChI=1S/C10H19N5O2/c1-5-15(4)9(16)7(3)12-10-14-13-8(17-10)6(2)11/h6-7H,5,11H2,1-4H3,(H,12,14). The molecule has 1 amide bonds. The monoisotopic (exact) mass is 241 g/mol. The summed E-state index contributed by atoms with van der Waals surface area (Å²) in [6.45, 7) is 6.05. The summed E-state index contributed by atoms with van der Waals surface area (Å²) in [5, 5.41) is 10.4. The Morgan fingerprint density at radius 3 is 2.65 bits per heavy atom. The van der Waals surface area contributed by atoms with Crippen molar-refractivity contribution in [1.29, 1.82) is 0 Å². The second-order valence-corrected chi connectivity index (χ2v) is 3.95. The molecule has 7 nitrogen and oxygen atoms in total. The number of hydrogen-bond donors (Lipinski definition) is 2. The Hall–Kier alpha value is -1.63. The van der Waals surface area contributed by atoms with Crippen LogP contribution in [-0.4, -0.2) is 40.6 Å². The maximum absolute atomic E-state index is 11.8. The molecule has 0 bridgehead atoms. The molecule has 0 aromatic carbocycles. The molecule has 2 atom stereocenters. The van der Waals surface area contributed by atoms with Crippen molar-refractivity contribution in [2.75, 3.05) is 18.9 Å². The number of amides is 1. The highest BCUT2D eigenvalue weighted by molar-refractivity contribution is 5.83. The van der Waals surface area contributed by atoms with Gasteiger partial charge in [-0.15, -0.1) is 5.10 Å². The van der Waals surface area contributed by atoms with Crippen molar-refractivity contribution in [3.05, 3.63) is 5.89 Å². The number of hydrogen-bond acceptors (Lipinski definition) is 6. The van der Waals surface area contributed by atoms with Crippen LogP contribution in [-0.2, 0) is 4.79 Å². The van der Waals surface area contributed by atoms with Gasteiger partial charge in [-0.2, -0.15) is 0 Å². The zero-order valence-corrected chi connectivity index (χ0v) is 10.6. The molecule has 3 N–H and O–H groups in total. The van der Waals surface area contributed by atoms with Gasteiger partial charge in [0, 0.05) is 13.6 Å². The summed E-state index contributed by atoms with van der Waals surface area (Å²) in [6.07, 6.45) is 0. The molecule has 0 radical (unpaired) electrons. The molecule has 1 heterocycles. The lowest BCUT2D eigenvalue weighted by Crippen LogP contribution is -2.38. The van der Waals surface area contributed by atoms with Gasteiger partial charge in [-0.3, -0.25) is 4.79 Å². The molecule has 7 heteroatoms. The van der Waals surface area contributed by atoms with Gasteiger partial charge < -0.3 is 20.4 Å². The second-order valence-electron chi connectivity index (χ2n) is 3.95. The van der Waals surface area contributed by atoms with E-state index in [0.717, 1.165) is 0 Å². The predicted molar refractivity (Wildman–Crippen MR) is 63.3 cm³/mol. The Kier molecular flexibility index (Phi) is 4.45. The van der Waals surface area contributed by atoms with E-state index in [1.54, 1.807) is 25.8 Å². The lowest BCUT2D eigenvalue weighted by molar-refractivity contribution is -0.130. The van der Waals surface area contributed by atoms with E-state index in [9.17, 15) is 4.79 Å². The fraction of sp³-hybridized carbons (Fsp3) is 0.700. The molecule has 1 aromatic rings. The van der Waals surface area contributed by atoms with Gasteiger partial charge in [0.15, 0.2) is 0 Å². The topological polar surface area (TPSA) is 97.3 Å². The molecule has 0 aliphatic heterocycles. The third-order valence-electron chi connectivity index (χ3n) is 2.39. The zero-order valence-electron chi connectivity index (χ0n) is 10.6. The van der Waals surface area contributed by atoms with Crippen LogP contribution < -0.4 is 11.1 Å². The van der Waals surface area contributed by atoms with E-state index < -0.39 is 6.04 Å². The van der Waals surface area contributed by atoms with Gasteiger partial charge in [0.1, 0.15) is 6.04 Å². The first-order valence-electron chi connectivity index (χ1n) is 5.56. The van der Waals surface area contributed by atoms with Crippen molar-refractivity contribution in [2.45, 2.75) is 32.9 Å². The van der Waals surface area contributed by atoms with E-state index in [-0.39, 0.29) is 18.0 Å². The summed E-state index contributed by atoms with van der Waals surface area (Å²) < 4.78 is 5.25. The molecule has 0 spiro atoms. The number of nitrogens with two attached hydrogens (primary N) is 1. The smallest absolute Gasteiger partial charge is 0.316 e. The summed E-state index contributed by atoms with van der Waals surface area (Å²) in [4.78, 5) is 13.4. The molecule has 0 aliphatic rings. The second kappa shape index (κ2) is 5.62. The Morgan fingerprint density at radius 1 is 1.53 bits per heavy atom. The Labute approximate surface area is 100 Å². The number of rotatable bonds is 5. The first kappa shape index (κ1) is 13.4. The van der Waals surface area contributed by atoms with Crippen molar-refractivity contribution in [3.63, 3.8) is 0 Å². The SMILES string of the molecule is CCN(C)C(=O)C(C)Nc1nnc(C(C)N)o1. The lowest BCUT2D eigenvalue weighted by atomic mass is 10.3. The lowest BCUT2D eigenvalue weighted by Gasteiger charge is -2.19. The minimum atomic E-state index is -0.415. The van der Waals surface area contributed by atoms with E-state index in [2.05, 4.69) is 15.5 Å². The average molecular weight is 241 g/mol. The highest BCUT2D eigenvalue weighted by atomic mass is 16.4. The van der Waals surface area contributed by atoms with E-state index in [1.807, 2.05) is 6.92 Å². The van der Waals surface area contributed by atoms with Gasteiger partial charge in [0.05, 0.1) is 6.04 Å². The minimum absolute atomic E-state index is 0.0342. The molecule has 1 aromatic heterocycles. The van der Waals surface area contributed by atoms with Gasteiger partial charge in [0.2, 0.25) is 11.8 Å². The molecule has 0 fully saturated rings. The highest BCUT2D eigenvalue weighted by Crippen LogP contribution is 2.12. The Balaban J connectivity index is 2.61. The van der Waals surface area contributed by atoms with Crippen LogP contribution in [0.15, 0.2) is 4.42 Å². The van der Waals surface area contributed by atoms with Crippen LogP contribution >= 0.6 is 0 Å². The van der Waals surface area contributed by atoms with Crippen molar-refractivity contribution in [2.24, 2.45) is 5.73 Å². The first-order chi connectivity index (χ1) is 7.95. The summed E-state index contributed by atoms with van der Waals surface area (Å²) in [7, 11) is 1.74. The summed E-state index contributed by atoms with van der Waals surface area (Å²) in [5.74, 6) is 0.309. The third kappa shape index (κ3) is 3.42. The first-order valence-corrected chi connectivity index (χ1v) is 5.56. The number of aromatic nitrogens is 2. The quantitative estimate of drug-likeness (QED) is 0.773. The molecule has 96 valence electrons. The van der Waals surface area contributed by atoms with Gasteiger partial charge in [0.25, 0.3) is 0 Å². The van der Waals surface area contributed by atoms with E-state index in [1.165, 1.54) is 0 Å². The summed E-state index contributed by atoms with van der Waals surface area (Å²) in [5.41, 5.74) is 5.59. The predicted octanol–water partition coefficient (Wildman–Crippen LogP) is 0.368. The average Bonchev–Trinajstić information content (AvgIpc) is 2.75. The van der Waals surface area contributed by atoms with Crippen molar-refractivity contribution >= 4 is 11.9 Å². The van der Waals surface area contributed by atoms with Crippen molar-refractivity contribution < 1.29 is 9.21 Å². The van der Waals surface area contributed by atoms with Gasteiger partial charge in [-0.1, -0.05) is 5.10 Å². The number of nitrogens with zero attached hydrogens (tertiary/aromatic N) is 3. The van der Waals surface area contributed by atoms with Gasteiger partial charge in [-0.25, -0.2) is 0 Å². The number of likely N-dealkylation sites (N-methyl/N-ethyl adjacent to an activating group) is 1. The Bertz CT molecular complexity index is 377. The van der Waals surface area contributed by atoms with Crippen molar-refractivity contribution in [3.8, 4) is 0 Å². The summed E-state index contributed by atoms with van der Waals surface area (Å²) >= 11 is 0. The zero-order chi connectivity index (χ0) is 13.0. The molecule has 17 heavy (non-hydrogen) atoms. The van der Waals surface area contributed by atoms with Gasteiger partial charge >= 0.3 is 6.01 Å². The van der Waals surface area contributed by atoms with Crippen molar-refractivity contribution in [1.82, 2.24) is 15.1 Å². The number of carbonyl (C=O) groups excluding carboxylic acids is 1. The third-order valence-corrected chi connectivity index (χ3v) is 2.39. The van der Waals surface area contributed by atoms with E-state index in [0.29, 0.717) is 12.4 Å². The molecule has 0 saturated heterocycles. The molecular weight excluding hydrogens is 222 g/mol. The van der Waals surface area contributed by atoms with E-state index >= 15 is 0 Å². The summed E-state index contributed by atoms with van der Waals surface area (Å²) in [6, 6.07) is -0.522. The van der Waals surface area contributed by atoms with Crippen LogP contribution in [0.4, 0.5) is 6.01 Å². The van der Waals surface area contributed by atoms with E-state index in [4.69, 9.17) is 10.2 Å². The van der Waals surface area contributed by atoms with Gasteiger partial charge in [-0.05, 0) is 20.8 Å². The van der Waals surface area contributed by atoms with Crippen LogP contribution in [0.2, 0.25) is 0 Å². The maximum atomic E-state index is 11.8. The van der Waals surface area contributed by atoms with Crippen LogP contribution in [0.1, 0.15) is 32.7 Å². The Morgan fingerprint density at radius 2 is 2.18 bits per heavy atom. The maximum Gasteiger partial charge on any atom is 0.316 e. The van der Waals surface area contributed by atoms with Crippen LogP contribution in [0, 0.1) is 0 Å². The minimum Gasteiger partial charge on any atom is -0.406 e. The normalized spacial score (nSPS) is 14.2. The number of nitrogens with one attached hydrogen (secondary N) is 1. The van der Waals surface area contributed by atoms with Crippen LogP contribution in [0.5, 0.6) is 0 Å². The molecule has 2 unspecified atom stereocenters. The van der Waals surface area contributed by atoms with Crippen LogP contribution in [0.3, 0.4) is 0 Å². The van der Waals surface area contributed by atoms with Crippen LogP contribution in [0.25, 0.3) is 0 Å². The largest absolute Gasteiger partial charge is 0.406 e. The fourth-order valence-electron chi connectivity index (χ4n) is 1.21. The molecular formula is C10H19N5O2.